The SMILES string of the molecule is C.C=C(C)C(=O)OCCO.CCC(COC(=O)CS)(COC(=O)CS)COC(=O)CS.CCC(COC(=O)CSCC(C)C(=O)OCCO)(COC(=O)CSCC(C)C(=O)OCCO)COC(=O)CSCC(C)C(=O)OCCO. The van der Waals surface area contributed by atoms with Gasteiger partial charge in [0.15, 0.2) is 0 Å². The summed E-state index contributed by atoms with van der Waals surface area (Å²) in [6, 6.07) is 0. The smallest absolute Gasteiger partial charge is 0.333 e. The van der Waals surface area contributed by atoms with Gasteiger partial charge in [0.25, 0.3) is 0 Å². The minimum atomic E-state index is -1.08. The first kappa shape index (κ1) is 81.8. The van der Waals surface area contributed by atoms with Crippen molar-refractivity contribution >= 4 is 133 Å². The van der Waals surface area contributed by atoms with Crippen LogP contribution in [0.4, 0.5) is 0 Å². The fourth-order valence-electron chi connectivity index (χ4n) is 4.81. The van der Waals surface area contributed by atoms with Gasteiger partial charge in [0.1, 0.15) is 66.1 Å². The van der Waals surface area contributed by atoms with Gasteiger partial charge >= 0.3 is 59.7 Å². The lowest BCUT2D eigenvalue weighted by Gasteiger charge is -2.31. The van der Waals surface area contributed by atoms with Crippen LogP contribution in [0, 0.1) is 28.6 Å². The molecule has 79 heavy (non-hydrogen) atoms. The average Bonchev–Trinajstić information content (AvgIpc) is 3.43. The number of hydrogen-bond donors (Lipinski definition) is 7. The van der Waals surface area contributed by atoms with Gasteiger partial charge in [-0.15, -0.1) is 35.3 Å². The summed E-state index contributed by atoms with van der Waals surface area (Å²) in [7, 11) is 0. The molecule has 24 nitrogen and oxygen atoms in total. The van der Waals surface area contributed by atoms with Gasteiger partial charge in [-0.2, -0.15) is 37.9 Å². The molecule has 4 N–H and O–H groups in total. The normalized spacial score (nSPS) is 12.4. The molecule has 0 fully saturated rings. The Morgan fingerprint density at radius 1 is 0.430 bits per heavy atom. The lowest BCUT2D eigenvalue weighted by Crippen LogP contribution is -2.39. The first-order valence-corrected chi connectivity index (χ1v) is 29.6. The summed E-state index contributed by atoms with van der Waals surface area (Å²) in [5.41, 5.74) is -1.52. The summed E-state index contributed by atoms with van der Waals surface area (Å²) < 4.78 is 50.6. The predicted molar refractivity (Wildman–Crippen MR) is 306 cm³/mol. The number of rotatable bonds is 41. The van der Waals surface area contributed by atoms with E-state index in [9.17, 15) is 47.9 Å². The Hall–Kier alpha value is -3.62. The van der Waals surface area contributed by atoms with Crippen molar-refractivity contribution < 1.29 is 116 Å². The first-order valence-electron chi connectivity index (χ1n) is 24.2. The van der Waals surface area contributed by atoms with Crippen molar-refractivity contribution in [3.8, 4) is 0 Å². The second kappa shape index (κ2) is 51.3. The number of ether oxygens (including phenoxy) is 10. The third kappa shape index (κ3) is 43.7. The van der Waals surface area contributed by atoms with Crippen molar-refractivity contribution in [2.24, 2.45) is 28.6 Å². The maximum absolute atomic E-state index is 12.5. The standard InChI is InChI=1S/C30H50O15S3.C12H20O6S3.C6H10O3.CH4/c1-5-30(18-43-24(34)15-46-12-21(2)27(37)40-9-6-31,19-44-25(35)16-47-13-22(3)28(38)41-10-7-32)20-45-26(36)17-48-14-23(4)29(39)42-11-8-33;1-2-12(6-16-9(13)3-19,7-17-10(14)4-20)8-18-11(15)5-21;1-5(2)6(8)9-4-3-7;/h21-23,31-33H,5-20H2,1-4H3;19-21H,2-8H2,1H3;7H,1,3-4H2,2H3;1H4. The molecular formula is C49H84O24S6. The maximum atomic E-state index is 12.5. The Morgan fingerprint density at radius 2 is 0.658 bits per heavy atom. The van der Waals surface area contributed by atoms with Gasteiger partial charge in [0, 0.05) is 22.8 Å². The summed E-state index contributed by atoms with van der Waals surface area (Å²) in [5.74, 6) is -6.38. The maximum Gasteiger partial charge on any atom is 0.333 e. The van der Waals surface area contributed by atoms with Crippen LogP contribution in [0.15, 0.2) is 12.2 Å². The van der Waals surface area contributed by atoms with Crippen LogP contribution in [0.5, 0.6) is 0 Å². The molecule has 0 aromatic rings. The highest BCUT2D eigenvalue weighted by Crippen LogP contribution is 2.27. The Balaban J connectivity index is -0.000000741. The third-order valence-electron chi connectivity index (χ3n) is 9.77. The van der Waals surface area contributed by atoms with Crippen LogP contribution in [0.3, 0.4) is 0 Å². The molecule has 0 aliphatic heterocycles. The molecule has 0 rings (SSSR count). The van der Waals surface area contributed by atoms with Crippen molar-refractivity contribution in [3.05, 3.63) is 12.2 Å². The highest BCUT2D eigenvalue weighted by Gasteiger charge is 2.36. The van der Waals surface area contributed by atoms with Crippen molar-refractivity contribution in [3.63, 3.8) is 0 Å². The second-order valence-electron chi connectivity index (χ2n) is 16.7. The van der Waals surface area contributed by atoms with E-state index in [-0.39, 0.29) is 152 Å². The molecule has 0 aliphatic rings. The van der Waals surface area contributed by atoms with Gasteiger partial charge in [0.05, 0.1) is 89.5 Å². The summed E-state index contributed by atoms with van der Waals surface area (Å²) in [4.78, 5) is 117. The zero-order valence-electron chi connectivity index (χ0n) is 45.1. The largest absolute Gasteiger partial charge is 0.464 e. The Bertz CT molecular complexity index is 1620. The molecule has 30 heteroatoms. The van der Waals surface area contributed by atoms with Crippen LogP contribution >= 0.6 is 73.2 Å². The van der Waals surface area contributed by atoms with E-state index in [0.29, 0.717) is 18.4 Å². The number of aliphatic hydroxyl groups is 4. The van der Waals surface area contributed by atoms with E-state index in [2.05, 4.69) is 49.2 Å². The van der Waals surface area contributed by atoms with Gasteiger partial charge in [-0.3, -0.25) is 43.2 Å². The summed E-state index contributed by atoms with van der Waals surface area (Å²) in [5, 5.41) is 34.5. The van der Waals surface area contributed by atoms with Gasteiger partial charge in [0.2, 0.25) is 0 Å². The molecule has 3 unspecified atom stereocenters. The van der Waals surface area contributed by atoms with Crippen LogP contribution in [0.25, 0.3) is 0 Å². The fraction of sp³-hybridized carbons (Fsp3) is 0.755. The molecule has 0 amide bonds. The zero-order valence-corrected chi connectivity index (χ0v) is 50.3. The average molecular weight is 1250 g/mol. The molecule has 0 aliphatic carbocycles. The summed E-state index contributed by atoms with van der Waals surface area (Å²) >= 11 is 14.9. The van der Waals surface area contributed by atoms with Gasteiger partial charge in [-0.1, -0.05) is 48.6 Å². The quantitative estimate of drug-likeness (QED) is 0.0200. The topological polar surface area (TPSA) is 344 Å². The van der Waals surface area contributed by atoms with E-state index in [0.717, 1.165) is 35.3 Å². The number of aliphatic hydroxyl groups excluding tert-OH is 4. The molecule has 0 heterocycles. The molecule has 0 spiro atoms. The van der Waals surface area contributed by atoms with Crippen LogP contribution in [0.2, 0.25) is 0 Å². The van der Waals surface area contributed by atoms with Gasteiger partial charge in [-0.05, 0) is 19.8 Å². The molecular weight excluding hydrogens is 1160 g/mol. The van der Waals surface area contributed by atoms with E-state index in [1.807, 2.05) is 6.92 Å². The highest BCUT2D eigenvalue weighted by atomic mass is 32.2. The Kier molecular flexibility index (Phi) is 53.1. The highest BCUT2D eigenvalue weighted by molar-refractivity contribution is 8.00. The van der Waals surface area contributed by atoms with Gasteiger partial charge in [-0.25, -0.2) is 4.79 Å². The molecule has 460 valence electrons. The number of carbonyl (C=O) groups excluding carboxylic acids is 10. The zero-order chi connectivity index (χ0) is 60.0. The summed E-state index contributed by atoms with van der Waals surface area (Å²) in [6.45, 7) is 11.3. The van der Waals surface area contributed by atoms with Crippen LogP contribution in [-0.4, -0.2) is 224 Å². The lowest BCUT2D eigenvalue weighted by atomic mass is 9.88. The van der Waals surface area contributed by atoms with E-state index >= 15 is 0 Å². The minimum Gasteiger partial charge on any atom is -0.464 e. The third-order valence-corrected chi connectivity index (χ3v) is 14.1. The lowest BCUT2D eigenvalue weighted by molar-refractivity contribution is -0.161. The molecule has 0 aromatic carbocycles. The number of hydrogen-bond acceptors (Lipinski definition) is 30. The molecule has 0 aromatic heterocycles. The van der Waals surface area contributed by atoms with E-state index < -0.39 is 88.3 Å². The number of carbonyl (C=O) groups is 10. The number of esters is 10. The van der Waals surface area contributed by atoms with Crippen molar-refractivity contribution in [2.45, 2.75) is 61.8 Å². The fourth-order valence-corrected chi connectivity index (χ4v) is 7.66. The molecule has 0 bridgehead atoms. The molecule has 0 saturated heterocycles. The second-order valence-corrected chi connectivity index (χ2v) is 20.7. The van der Waals surface area contributed by atoms with E-state index in [4.69, 9.17) is 63.1 Å². The monoisotopic (exact) mass is 1250 g/mol. The molecule has 3 atom stereocenters. The Labute approximate surface area is 492 Å². The van der Waals surface area contributed by atoms with Crippen molar-refractivity contribution in [1.29, 1.82) is 0 Å². The van der Waals surface area contributed by atoms with Crippen molar-refractivity contribution in [1.82, 2.24) is 0 Å². The predicted octanol–water partition coefficient (Wildman–Crippen LogP) is 2.26. The van der Waals surface area contributed by atoms with Crippen LogP contribution < -0.4 is 0 Å². The number of thiol groups is 3. The van der Waals surface area contributed by atoms with Crippen molar-refractivity contribution in [2.75, 3.05) is 144 Å². The molecule has 0 radical (unpaired) electrons. The van der Waals surface area contributed by atoms with Crippen LogP contribution in [-0.2, 0) is 95.3 Å². The number of thioether (sulfide) groups is 3. The molecule has 0 saturated carbocycles. The van der Waals surface area contributed by atoms with E-state index in [1.165, 1.54) is 0 Å². The Morgan fingerprint density at radius 3 is 0.861 bits per heavy atom. The van der Waals surface area contributed by atoms with Crippen LogP contribution in [0.1, 0.15) is 61.8 Å². The van der Waals surface area contributed by atoms with E-state index in [1.54, 1.807) is 34.6 Å². The first-order chi connectivity index (χ1) is 36.9. The summed E-state index contributed by atoms with van der Waals surface area (Å²) in [6.07, 6.45) is 0.774. The van der Waals surface area contributed by atoms with Gasteiger partial charge < -0.3 is 67.8 Å². The minimum absolute atomic E-state index is 0.